The molecule has 5 rings (SSSR count). The minimum atomic E-state index is -0.302. The molecule has 4 aromatic rings. The van der Waals surface area contributed by atoms with Crippen LogP contribution in [0.25, 0.3) is 0 Å². The Bertz CT molecular complexity index is 1590. The van der Waals surface area contributed by atoms with Gasteiger partial charge in [0.2, 0.25) is 0 Å². The van der Waals surface area contributed by atoms with Crippen LogP contribution in [-0.4, -0.2) is 44.1 Å². The Morgan fingerprint density at radius 3 is 2.40 bits per heavy atom. The van der Waals surface area contributed by atoms with Crippen molar-refractivity contribution in [2.45, 2.75) is 68.2 Å². The Kier molecular flexibility index (Phi) is 12.9. The Hall–Kier alpha value is -4.07. The van der Waals surface area contributed by atoms with Gasteiger partial charge in [-0.15, -0.1) is 11.8 Å². The molecule has 7 heteroatoms. The molecule has 1 unspecified atom stereocenters. The number of carbonyl (C=O) groups is 2. The highest BCUT2D eigenvalue weighted by atomic mass is 32.2. The van der Waals surface area contributed by atoms with Gasteiger partial charge in [-0.05, 0) is 103 Å². The first-order chi connectivity index (χ1) is 23.0. The maximum absolute atomic E-state index is 12.2. The van der Waals surface area contributed by atoms with Crippen LogP contribution in [0.4, 0.5) is 0 Å². The predicted molar refractivity (Wildman–Crippen MR) is 188 cm³/mol. The van der Waals surface area contributed by atoms with Gasteiger partial charge in [-0.1, -0.05) is 66.7 Å². The van der Waals surface area contributed by atoms with E-state index in [1.54, 1.807) is 0 Å². The number of hydrogen-bond acceptors (Lipinski definition) is 7. The van der Waals surface area contributed by atoms with E-state index >= 15 is 0 Å². The summed E-state index contributed by atoms with van der Waals surface area (Å²) in [5, 5.41) is 0. The smallest absolute Gasteiger partial charge is 0.337 e. The molecule has 0 heterocycles. The third kappa shape index (κ3) is 9.96. The molecule has 0 aromatic heterocycles. The van der Waals surface area contributed by atoms with Gasteiger partial charge in [-0.25, -0.2) is 4.79 Å². The minimum Gasteiger partial charge on any atom is -0.489 e. The van der Waals surface area contributed by atoms with Crippen molar-refractivity contribution in [2.75, 3.05) is 27.3 Å². The van der Waals surface area contributed by atoms with E-state index in [1.807, 2.05) is 36.0 Å². The molecule has 0 bridgehead atoms. The molecule has 0 amide bonds. The van der Waals surface area contributed by atoms with Crippen molar-refractivity contribution in [1.29, 1.82) is 0 Å². The molecular formula is C40H45NO5S. The monoisotopic (exact) mass is 651 g/mol. The number of esters is 2. The maximum atomic E-state index is 12.2. The van der Waals surface area contributed by atoms with Gasteiger partial charge in [-0.3, -0.25) is 9.69 Å². The lowest BCUT2D eigenvalue weighted by molar-refractivity contribution is -0.140. The number of thioether (sulfide) groups is 1. The summed E-state index contributed by atoms with van der Waals surface area (Å²) < 4.78 is 16.2. The van der Waals surface area contributed by atoms with Crippen molar-refractivity contribution >= 4 is 23.7 Å². The number of nitrogens with zero attached hydrogens (tertiary/aromatic N) is 1. The molecule has 6 nitrogen and oxygen atoms in total. The summed E-state index contributed by atoms with van der Waals surface area (Å²) in [5.74, 6) is 1.39. The maximum Gasteiger partial charge on any atom is 0.337 e. The molecule has 246 valence electrons. The predicted octanol–water partition coefficient (Wildman–Crippen LogP) is 8.61. The van der Waals surface area contributed by atoms with E-state index in [1.165, 1.54) is 41.4 Å². The van der Waals surface area contributed by atoms with E-state index in [0.29, 0.717) is 18.6 Å². The standard InChI is InChI=1S/C40H45NO5S/c1-44-39(42)17-8-9-25-41(37-15-10-14-33-27-34(40(43)45-2)20-23-36(33)37)26-24-32-13-6-7-16-38(32)46-28-30-18-21-35(22-19-30)47-29-31-11-4-3-5-12-31/h3-7,11-13,16,18-23,27,37H,8-10,14-15,17,24-26,28-29H2,1-2H3. The number of carbonyl (C=O) groups excluding carboxylic acids is 2. The minimum absolute atomic E-state index is 0.165. The SMILES string of the molecule is COC(=O)CCCCN(CCc1ccccc1OCc1ccc(SCc2ccccc2)cc1)C1CCCc2cc(C(=O)OC)ccc21. The zero-order chi connectivity index (χ0) is 32.8. The molecule has 0 fully saturated rings. The first kappa shape index (κ1) is 34.3. The number of para-hydroxylation sites is 1. The second-order valence-corrected chi connectivity index (χ2v) is 13.0. The lowest BCUT2D eigenvalue weighted by Gasteiger charge is -2.36. The summed E-state index contributed by atoms with van der Waals surface area (Å²) in [7, 11) is 2.86. The topological polar surface area (TPSA) is 65.1 Å². The van der Waals surface area contributed by atoms with Crippen molar-refractivity contribution in [3.8, 4) is 5.75 Å². The summed E-state index contributed by atoms with van der Waals surface area (Å²) in [6.07, 6.45) is 6.03. The van der Waals surface area contributed by atoms with Gasteiger partial charge >= 0.3 is 11.9 Å². The quantitative estimate of drug-likeness (QED) is 0.0683. The lowest BCUT2D eigenvalue weighted by atomic mass is 9.85. The van der Waals surface area contributed by atoms with E-state index in [0.717, 1.165) is 68.7 Å². The first-order valence-corrected chi connectivity index (χ1v) is 17.5. The summed E-state index contributed by atoms with van der Waals surface area (Å²) in [6.45, 7) is 2.24. The molecule has 4 aromatic carbocycles. The molecule has 0 saturated heterocycles. The summed E-state index contributed by atoms with van der Waals surface area (Å²) >= 11 is 1.84. The number of hydrogen-bond donors (Lipinski definition) is 0. The highest BCUT2D eigenvalue weighted by molar-refractivity contribution is 7.98. The van der Waals surface area contributed by atoms with Crippen LogP contribution in [0.15, 0.2) is 102 Å². The van der Waals surface area contributed by atoms with E-state index < -0.39 is 0 Å². The number of methoxy groups -OCH3 is 2. The van der Waals surface area contributed by atoms with E-state index in [-0.39, 0.29) is 18.0 Å². The molecule has 0 aliphatic heterocycles. The van der Waals surface area contributed by atoms with Gasteiger partial charge in [0.05, 0.1) is 19.8 Å². The molecule has 0 radical (unpaired) electrons. The van der Waals surface area contributed by atoms with Crippen LogP contribution >= 0.6 is 11.8 Å². The van der Waals surface area contributed by atoms with Crippen molar-refractivity contribution < 1.29 is 23.8 Å². The summed E-state index contributed by atoms with van der Waals surface area (Å²) in [6, 6.07) is 33.7. The molecule has 47 heavy (non-hydrogen) atoms. The number of rotatable bonds is 16. The third-order valence-corrected chi connectivity index (χ3v) is 9.88. The van der Waals surface area contributed by atoms with Gasteiger partial charge in [-0.2, -0.15) is 0 Å². The van der Waals surface area contributed by atoms with Gasteiger partial charge in [0.25, 0.3) is 0 Å². The van der Waals surface area contributed by atoms with Gasteiger partial charge in [0, 0.05) is 29.7 Å². The van der Waals surface area contributed by atoms with Gasteiger partial charge in [0.15, 0.2) is 0 Å². The Morgan fingerprint density at radius 2 is 1.62 bits per heavy atom. The first-order valence-electron chi connectivity index (χ1n) is 16.5. The van der Waals surface area contributed by atoms with Crippen molar-refractivity contribution in [2.24, 2.45) is 0 Å². The Balaban J connectivity index is 1.23. The van der Waals surface area contributed by atoms with Crippen LogP contribution in [0.1, 0.15) is 76.3 Å². The summed E-state index contributed by atoms with van der Waals surface area (Å²) in [5.41, 5.74) is 6.74. The molecule has 0 saturated carbocycles. The Labute approximate surface area is 283 Å². The second kappa shape index (κ2) is 17.7. The van der Waals surface area contributed by atoms with E-state index in [4.69, 9.17) is 14.2 Å². The molecular weight excluding hydrogens is 607 g/mol. The number of aryl methyl sites for hydroxylation is 1. The zero-order valence-electron chi connectivity index (χ0n) is 27.5. The third-order valence-electron chi connectivity index (χ3n) is 8.80. The highest BCUT2D eigenvalue weighted by Crippen LogP contribution is 2.36. The number of ether oxygens (including phenoxy) is 3. The normalized spacial score (nSPS) is 14.0. The van der Waals surface area contributed by atoms with Crippen molar-refractivity contribution in [3.05, 3.63) is 130 Å². The lowest BCUT2D eigenvalue weighted by Crippen LogP contribution is -2.34. The van der Waals surface area contributed by atoms with Crippen LogP contribution in [0.3, 0.4) is 0 Å². The fourth-order valence-corrected chi connectivity index (χ4v) is 7.08. The molecule has 0 N–H and O–H groups in total. The van der Waals surface area contributed by atoms with E-state index in [9.17, 15) is 9.59 Å². The number of benzene rings is 4. The Morgan fingerprint density at radius 1 is 0.830 bits per heavy atom. The number of fused-ring (bicyclic) bond motifs is 1. The zero-order valence-corrected chi connectivity index (χ0v) is 28.3. The molecule has 1 aliphatic rings. The number of unbranched alkanes of at least 4 members (excludes halogenated alkanes) is 1. The van der Waals surface area contributed by atoms with Crippen LogP contribution in [0, 0.1) is 0 Å². The van der Waals surface area contributed by atoms with Gasteiger partial charge in [0.1, 0.15) is 12.4 Å². The molecule has 0 spiro atoms. The average Bonchev–Trinajstić information content (AvgIpc) is 3.13. The van der Waals surface area contributed by atoms with Crippen molar-refractivity contribution in [1.82, 2.24) is 4.90 Å². The van der Waals surface area contributed by atoms with Gasteiger partial charge < -0.3 is 14.2 Å². The average molecular weight is 652 g/mol. The second-order valence-electron chi connectivity index (χ2n) is 11.9. The largest absolute Gasteiger partial charge is 0.489 e. The highest BCUT2D eigenvalue weighted by Gasteiger charge is 2.27. The van der Waals surface area contributed by atoms with Crippen LogP contribution in [-0.2, 0) is 39.5 Å². The van der Waals surface area contributed by atoms with Crippen LogP contribution in [0.5, 0.6) is 5.75 Å². The summed E-state index contributed by atoms with van der Waals surface area (Å²) in [4.78, 5) is 27.8. The fraction of sp³-hybridized carbons (Fsp3) is 0.350. The van der Waals surface area contributed by atoms with Crippen molar-refractivity contribution in [3.63, 3.8) is 0 Å². The molecule has 1 atom stereocenters. The van der Waals surface area contributed by atoms with Crippen LogP contribution in [0.2, 0.25) is 0 Å². The molecule has 1 aliphatic carbocycles. The van der Waals surface area contributed by atoms with E-state index in [2.05, 4.69) is 77.7 Å². The van der Waals surface area contributed by atoms with Crippen LogP contribution < -0.4 is 4.74 Å². The fourth-order valence-electron chi connectivity index (χ4n) is 6.22.